The summed E-state index contributed by atoms with van der Waals surface area (Å²) in [4.78, 5) is 13.0. The zero-order chi connectivity index (χ0) is 19.6. The molecule has 3 rings (SSSR count). The molecule has 0 aliphatic carbocycles. The average Bonchev–Trinajstić information content (AvgIpc) is 2.96. The fourth-order valence-corrected chi connectivity index (χ4v) is 4.72. The quantitative estimate of drug-likeness (QED) is 0.439. The maximum atomic E-state index is 12.4. The smallest absolute Gasteiger partial charge is 0.260 e. The van der Waals surface area contributed by atoms with Crippen LogP contribution in [0.1, 0.15) is 11.1 Å². The summed E-state index contributed by atoms with van der Waals surface area (Å²) in [5.41, 5.74) is 2.57. The van der Waals surface area contributed by atoms with Gasteiger partial charge in [0.25, 0.3) is 5.91 Å². The Hall–Kier alpha value is -1.58. The van der Waals surface area contributed by atoms with E-state index in [2.05, 4.69) is 33.2 Å². The molecule has 1 unspecified atom stereocenters. The molecular formula is C19H18ClIN2O3S. The number of hydrogen-bond acceptors (Lipinski definition) is 5. The van der Waals surface area contributed by atoms with Crippen LogP contribution >= 0.6 is 46.0 Å². The molecule has 0 aromatic heterocycles. The first kappa shape index (κ1) is 20.2. The second-order valence-electron chi connectivity index (χ2n) is 5.82. The Morgan fingerprint density at radius 1 is 1.26 bits per heavy atom. The third-order valence-corrected chi connectivity index (χ3v) is 6.02. The van der Waals surface area contributed by atoms with Crippen LogP contribution in [-0.4, -0.2) is 25.6 Å². The van der Waals surface area contributed by atoms with E-state index in [-0.39, 0.29) is 11.4 Å². The van der Waals surface area contributed by atoms with E-state index in [1.807, 2.05) is 43.3 Å². The van der Waals surface area contributed by atoms with Gasteiger partial charge >= 0.3 is 0 Å². The molecule has 1 heterocycles. The zero-order valence-corrected chi connectivity index (χ0v) is 18.7. The molecular weight excluding hydrogens is 499 g/mol. The molecule has 1 amide bonds. The molecule has 8 heteroatoms. The number of nitrogens with one attached hydrogen (secondary N) is 2. The van der Waals surface area contributed by atoms with E-state index in [0.717, 1.165) is 20.4 Å². The van der Waals surface area contributed by atoms with Gasteiger partial charge in [0.1, 0.15) is 0 Å². The molecule has 1 fully saturated rings. The van der Waals surface area contributed by atoms with Crippen LogP contribution in [0.4, 0.5) is 5.69 Å². The van der Waals surface area contributed by atoms with Gasteiger partial charge < -0.3 is 20.1 Å². The Morgan fingerprint density at radius 2 is 2.04 bits per heavy atom. The van der Waals surface area contributed by atoms with Crippen molar-refractivity contribution >= 4 is 63.6 Å². The largest absolute Gasteiger partial charge is 0.493 e. The minimum absolute atomic E-state index is 0.117. The van der Waals surface area contributed by atoms with Crippen molar-refractivity contribution in [1.82, 2.24) is 5.32 Å². The van der Waals surface area contributed by atoms with E-state index in [1.54, 1.807) is 14.2 Å². The van der Waals surface area contributed by atoms with E-state index in [9.17, 15) is 4.79 Å². The minimum atomic E-state index is -0.247. The Kier molecular flexibility index (Phi) is 6.44. The standard InChI is InChI=1S/C19H18ClIN2O3S/c1-10-6-12(20)4-5-14(10)22-19-23-18(24)16(27-19)9-11-7-13(21)17(26-3)15(8-11)25-2/h4-9,19,22H,1-3H3,(H,23,24)/b16-9-. The van der Waals surface area contributed by atoms with E-state index >= 15 is 0 Å². The van der Waals surface area contributed by atoms with Crippen molar-refractivity contribution in [3.63, 3.8) is 0 Å². The zero-order valence-electron chi connectivity index (χ0n) is 14.9. The normalized spacial score (nSPS) is 17.7. The molecule has 1 aliphatic heterocycles. The highest BCUT2D eigenvalue weighted by Gasteiger charge is 2.27. The average molecular weight is 517 g/mol. The van der Waals surface area contributed by atoms with E-state index in [4.69, 9.17) is 21.1 Å². The molecule has 1 atom stereocenters. The highest BCUT2D eigenvalue weighted by Crippen LogP contribution is 2.36. The van der Waals surface area contributed by atoms with E-state index in [1.165, 1.54) is 11.8 Å². The summed E-state index contributed by atoms with van der Waals surface area (Å²) in [6.07, 6.45) is 1.85. The molecule has 27 heavy (non-hydrogen) atoms. The van der Waals surface area contributed by atoms with Gasteiger partial charge in [-0.2, -0.15) is 0 Å². The summed E-state index contributed by atoms with van der Waals surface area (Å²) < 4.78 is 11.7. The number of carbonyl (C=O) groups is 1. The van der Waals surface area contributed by atoms with Crippen molar-refractivity contribution < 1.29 is 14.3 Å². The van der Waals surface area contributed by atoms with Gasteiger partial charge in [0, 0.05) is 10.7 Å². The molecule has 0 radical (unpaired) electrons. The van der Waals surface area contributed by atoms with Crippen LogP contribution in [0.25, 0.3) is 6.08 Å². The molecule has 1 aliphatic rings. The number of hydrogen-bond donors (Lipinski definition) is 2. The number of carbonyl (C=O) groups excluding carboxylic acids is 1. The number of anilines is 1. The van der Waals surface area contributed by atoms with Crippen LogP contribution in [0.3, 0.4) is 0 Å². The fourth-order valence-electron chi connectivity index (χ4n) is 2.67. The number of methoxy groups -OCH3 is 2. The minimum Gasteiger partial charge on any atom is -0.493 e. The summed E-state index contributed by atoms with van der Waals surface area (Å²) in [6.45, 7) is 1.97. The molecule has 2 aromatic rings. The summed E-state index contributed by atoms with van der Waals surface area (Å²) in [5.74, 6) is 1.20. The summed E-state index contributed by atoms with van der Waals surface area (Å²) in [7, 11) is 3.20. The number of aryl methyl sites for hydroxylation is 1. The predicted molar refractivity (Wildman–Crippen MR) is 120 cm³/mol. The number of thioether (sulfide) groups is 1. The molecule has 2 N–H and O–H groups in total. The number of halogens is 2. The first-order chi connectivity index (χ1) is 12.9. The van der Waals surface area contributed by atoms with E-state index in [0.29, 0.717) is 21.4 Å². The summed E-state index contributed by atoms with van der Waals surface area (Å²) >= 11 is 9.62. The van der Waals surface area contributed by atoms with Crippen LogP contribution in [0.15, 0.2) is 35.2 Å². The number of ether oxygens (including phenoxy) is 2. The van der Waals surface area contributed by atoms with Gasteiger partial charge in [-0.1, -0.05) is 23.4 Å². The van der Waals surface area contributed by atoms with Gasteiger partial charge in [-0.3, -0.25) is 4.79 Å². The monoisotopic (exact) mass is 516 g/mol. The van der Waals surface area contributed by atoms with Crippen molar-refractivity contribution in [3.05, 3.63) is 55.0 Å². The lowest BCUT2D eigenvalue weighted by atomic mass is 10.2. The maximum Gasteiger partial charge on any atom is 0.260 e. The van der Waals surface area contributed by atoms with E-state index < -0.39 is 0 Å². The molecule has 2 aromatic carbocycles. The summed E-state index contributed by atoms with van der Waals surface area (Å²) in [5, 5.41) is 6.94. The lowest BCUT2D eigenvalue weighted by molar-refractivity contribution is -0.116. The topological polar surface area (TPSA) is 59.6 Å². The second kappa shape index (κ2) is 8.62. The first-order valence-corrected chi connectivity index (χ1v) is 10.4. The van der Waals surface area contributed by atoms with Crippen molar-refractivity contribution in [2.45, 2.75) is 12.4 Å². The lowest BCUT2D eigenvalue weighted by Crippen LogP contribution is -2.31. The molecule has 1 saturated heterocycles. The van der Waals surface area contributed by atoms with Gasteiger partial charge in [-0.05, 0) is 77.0 Å². The molecule has 0 bridgehead atoms. The predicted octanol–water partition coefficient (Wildman–Crippen LogP) is 4.87. The van der Waals surface area contributed by atoms with Crippen molar-refractivity contribution in [1.29, 1.82) is 0 Å². The van der Waals surface area contributed by atoms with Gasteiger partial charge in [0.15, 0.2) is 17.0 Å². The van der Waals surface area contributed by atoms with Crippen molar-refractivity contribution in [3.8, 4) is 11.5 Å². The Balaban J connectivity index is 1.80. The Morgan fingerprint density at radius 3 is 2.70 bits per heavy atom. The highest BCUT2D eigenvalue weighted by molar-refractivity contribution is 14.1. The Bertz CT molecular complexity index is 920. The van der Waals surface area contributed by atoms with Gasteiger partial charge in [0.05, 0.1) is 22.7 Å². The highest BCUT2D eigenvalue weighted by atomic mass is 127. The fraction of sp³-hybridized carbons (Fsp3) is 0.211. The first-order valence-electron chi connectivity index (χ1n) is 8.04. The number of amides is 1. The summed E-state index contributed by atoms with van der Waals surface area (Å²) in [6, 6.07) is 9.41. The van der Waals surface area contributed by atoms with Gasteiger partial charge in [-0.15, -0.1) is 0 Å². The number of rotatable bonds is 5. The lowest BCUT2D eigenvalue weighted by Gasteiger charge is -2.15. The van der Waals surface area contributed by atoms with Crippen LogP contribution in [0, 0.1) is 10.5 Å². The van der Waals surface area contributed by atoms with Gasteiger partial charge in [-0.25, -0.2) is 0 Å². The van der Waals surface area contributed by atoms with Crippen LogP contribution in [-0.2, 0) is 4.79 Å². The SMILES string of the molecule is COc1cc(/C=C2\SC(Nc3ccc(Cl)cc3C)NC2=O)cc(I)c1OC. The van der Waals surface area contributed by atoms with Crippen molar-refractivity contribution in [2.24, 2.45) is 0 Å². The molecule has 142 valence electrons. The molecule has 0 saturated carbocycles. The number of benzene rings is 2. The second-order valence-corrected chi connectivity index (χ2v) is 8.57. The third-order valence-electron chi connectivity index (χ3n) is 3.96. The van der Waals surface area contributed by atoms with Crippen LogP contribution in [0.5, 0.6) is 11.5 Å². The third kappa shape index (κ3) is 4.64. The molecule has 0 spiro atoms. The van der Waals surface area contributed by atoms with Crippen LogP contribution < -0.4 is 20.1 Å². The molecule has 5 nitrogen and oxygen atoms in total. The maximum absolute atomic E-state index is 12.4. The van der Waals surface area contributed by atoms with Crippen molar-refractivity contribution in [2.75, 3.05) is 19.5 Å². The van der Waals surface area contributed by atoms with Gasteiger partial charge in [0.2, 0.25) is 0 Å². The van der Waals surface area contributed by atoms with Crippen LogP contribution in [0.2, 0.25) is 5.02 Å². The Labute approximate surface area is 181 Å².